The first-order chi connectivity index (χ1) is 7.79. The Bertz CT molecular complexity index is 320. The summed E-state index contributed by atoms with van der Waals surface area (Å²) in [6, 6.07) is 7.63. The van der Waals surface area contributed by atoms with Crippen LogP contribution in [0.1, 0.15) is 31.7 Å². The molecule has 0 spiro atoms. The van der Waals surface area contributed by atoms with Gasteiger partial charge in [-0.05, 0) is 56.5 Å². The summed E-state index contributed by atoms with van der Waals surface area (Å²) in [6.45, 7) is 4.67. The maximum atomic E-state index is 12.8. The zero-order valence-electron chi connectivity index (χ0n) is 9.95. The van der Waals surface area contributed by atoms with Gasteiger partial charge in [0.1, 0.15) is 5.82 Å². The fourth-order valence-corrected chi connectivity index (χ4v) is 2.60. The van der Waals surface area contributed by atoms with E-state index < -0.39 is 0 Å². The predicted octanol–water partition coefficient (Wildman–Crippen LogP) is 3.24. The first-order valence-electron chi connectivity index (χ1n) is 6.28. The SMILES string of the molecule is CCCN1CCC[C@H]1Cc1ccc(F)cc1. The van der Waals surface area contributed by atoms with E-state index in [0.29, 0.717) is 6.04 Å². The Hall–Kier alpha value is -0.890. The van der Waals surface area contributed by atoms with Crippen LogP contribution < -0.4 is 0 Å². The number of halogens is 1. The first kappa shape index (κ1) is 11.6. The molecule has 1 saturated heterocycles. The molecule has 0 bridgehead atoms. The molecule has 0 saturated carbocycles. The Morgan fingerprint density at radius 3 is 2.75 bits per heavy atom. The van der Waals surface area contributed by atoms with Crippen LogP contribution in [0.2, 0.25) is 0 Å². The number of benzene rings is 1. The zero-order valence-corrected chi connectivity index (χ0v) is 9.95. The molecule has 0 N–H and O–H groups in total. The molecule has 1 fully saturated rings. The second kappa shape index (κ2) is 5.44. The van der Waals surface area contributed by atoms with Crippen molar-refractivity contribution in [2.24, 2.45) is 0 Å². The summed E-state index contributed by atoms with van der Waals surface area (Å²) >= 11 is 0. The Balaban J connectivity index is 1.95. The van der Waals surface area contributed by atoms with Crippen molar-refractivity contribution in [1.29, 1.82) is 0 Å². The summed E-state index contributed by atoms with van der Waals surface area (Å²) in [5, 5.41) is 0. The van der Waals surface area contributed by atoms with Gasteiger partial charge in [-0.15, -0.1) is 0 Å². The second-order valence-electron chi connectivity index (χ2n) is 4.66. The molecule has 88 valence electrons. The second-order valence-corrected chi connectivity index (χ2v) is 4.66. The van der Waals surface area contributed by atoms with Gasteiger partial charge in [-0.3, -0.25) is 0 Å². The molecule has 2 rings (SSSR count). The van der Waals surface area contributed by atoms with Crippen LogP contribution in [0.4, 0.5) is 4.39 Å². The average Bonchev–Trinajstić information content (AvgIpc) is 2.70. The fraction of sp³-hybridized carbons (Fsp3) is 0.571. The number of hydrogen-bond donors (Lipinski definition) is 0. The molecule has 1 atom stereocenters. The van der Waals surface area contributed by atoms with Gasteiger partial charge in [0, 0.05) is 6.04 Å². The average molecular weight is 221 g/mol. The molecule has 1 aliphatic heterocycles. The Morgan fingerprint density at radius 2 is 2.06 bits per heavy atom. The monoisotopic (exact) mass is 221 g/mol. The van der Waals surface area contributed by atoms with Crippen LogP contribution in [0.5, 0.6) is 0 Å². The van der Waals surface area contributed by atoms with Crippen molar-refractivity contribution < 1.29 is 4.39 Å². The molecule has 0 unspecified atom stereocenters. The van der Waals surface area contributed by atoms with E-state index in [1.54, 1.807) is 12.1 Å². The summed E-state index contributed by atoms with van der Waals surface area (Å²) in [4.78, 5) is 2.57. The van der Waals surface area contributed by atoms with Gasteiger partial charge in [0.25, 0.3) is 0 Å². The van der Waals surface area contributed by atoms with E-state index in [9.17, 15) is 4.39 Å². The van der Waals surface area contributed by atoms with Crippen LogP contribution in [0.15, 0.2) is 24.3 Å². The van der Waals surface area contributed by atoms with Gasteiger partial charge in [-0.25, -0.2) is 4.39 Å². The van der Waals surface area contributed by atoms with E-state index in [0.717, 1.165) is 6.42 Å². The number of hydrogen-bond acceptors (Lipinski definition) is 1. The first-order valence-corrected chi connectivity index (χ1v) is 6.28. The molecular formula is C14H20FN. The van der Waals surface area contributed by atoms with Crippen molar-refractivity contribution in [2.75, 3.05) is 13.1 Å². The van der Waals surface area contributed by atoms with Crippen LogP contribution in [0.25, 0.3) is 0 Å². The molecule has 0 radical (unpaired) electrons. The lowest BCUT2D eigenvalue weighted by Gasteiger charge is -2.23. The lowest BCUT2D eigenvalue weighted by atomic mass is 10.0. The lowest BCUT2D eigenvalue weighted by molar-refractivity contribution is 0.253. The molecule has 0 aliphatic carbocycles. The molecular weight excluding hydrogens is 201 g/mol. The van der Waals surface area contributed by atoms with Crippen molar-refractivity contribution in [3.05, 3.63) is 35.6 Å². The van der Waals surface area contributed by atoms with Crippen molar-refractivity contribution in [3.8, 4) is 0 Å². The smallest absolute Gasteiger partial charge is 0.123 e. The molecule has 0 aromatic heterocycles. The van der Waals surface area contributed by atoms with Crippen LogP contribution >= 0.6 is 0 Å². The van der Waals surface area contributed by atoms with Crippen LogP contribution in [-0.4, -0.2) is 24.0 Å². The lowest BCUT2D eigenvalue weighted by Crippen LogP contribution is -2.31. The highest BCUT2D eigenvalue weighted by Crippen LogP contribution is 2.21. The van der Waals surface area contributed by atoms with Gasteiger partial charge >= 0.3 is 0 Å². The van der Waals surface area contributed by atoms with Crippen molar-refractivity contribution in [3.63, 3.8) is 0 Å². The Morgan fingerprint density at radius 1 is 1.31 bits per heavy atom. The molecule has 2 heteroatoms. The third-order valence-electron chi connectivity index (χ3n) is 3.39. The van der Waals surface area contributed by atoms with Crippen LogP contribution in [0, 0.1) is 5.82 Å². The maximum absolute atomic E-state index is 12.8. The van der Waals surface area contributed by atoms with Crippen molar-refractivity contribution >= 4 is 0 Å². The minimum atomic E-state index is -0.138. The summed E-state index contributed by atoms with van der Waals surface area (Å²) in [5.41, 5.74) is 1.26. The molecule has 0 amide bonds. The van der Waals surface area contributed by atoms with Gasteiger partial charge in [0.15, 0.2) is 0 Å². The minimum absolute atomic E-state index is 0.138. The molecule has 1 aromatic carbocycles. The quantitative estimate of drug-likeness (QED) is 0.754. The van der Waals surface area contributed by atoms with Crippen LogP contribution in [0.3, 0.4) is 0 Å². The Labute approximate surface area is 97.3 Å². The molecule has 16 heavy (non-hydrogen) atoms. The Kier molecular flexibility index (Phi) is 3.94. The standard InChI is InChI=1S/C14H20FN/c1-2-9-16-10-3-4-14(16)11-12-5-7-13(15)8-6-12/h5-8,14H,2-4,9-11H2,1H3/t14-/m0/s1. The third kappa shape index (κ3) is 2.82. The van der Waals surface area contributed by atoms with E-state index in [-0.39, 0.29) is 5.82 Å². The van der Waals surface area contributed by atoms with E-state index in [4.69, 9.17) is 0 Å². The minimum Gasteiger partial charge on any atom is -0.300 e. The summed E-state index contributed by atoms with van der Waals surface area (Å²) in [6.07, 6.45) is 4.89. The zero-order chi connectivity index (χ0) is 11.4. The highest BCUT2D eigenvalue weighted by atomic mass is 19.1. The largest absolute Gasteiger partial charge is 0.300 e. The molecule has 1 aromatic rings. The summed E-state index contributed by atoms with van der Waals surface area (Å²) < 4.78 is 12.8. The van der Waals surface area contributed by atoms with Gasteiger partial charge in [0.05, 0.1) is 0 Å². The highest BCUT2D eigenvalue weighted by molar-refractivity contribution is 5.17. The van der Waals surface area contributed by atoms with Crippen LogP contribution in [-0.2, 0) is 6.42 Å². The highest BCUT2D eigenvalue weighted by Gasteiger charge is 2.23. The number of likely N-dealkylation sites (tertiary alicyclic amines) is 1. The normalized spacial score (nSPS) is 21.5. The topological polar surface area (TPSA) is 3.24 Å². The van der Waals surface area contributed by atoms with E-state index in [2.05, 4.69) is 11.8 Å². The predicted molar refractivity (Wildman–Crippen MR) is 65.0 cm³/mol. The van der Waals surface area contributed by atoms with Gasteiger partial charge in [-0.2, -0.15) is 0 Å². The van der Waals surface area contributed by atoms with E-state index in [1.165, 1.54) is 37.9 Å². The van der Waals surface area contributed by atoms with Crippen molar-refractivity contribution in [1.82, 2.24) is 4.90 Å². The van der Waals surface area contributed by atoms with Crippen molar-refractivity contribution in [2.45, 2.75) is 38.6 Å². The number of nitrogens with zero attached hydrogens (tertiary/aromatic N) is 1. The molecule has 1 nitrogen and oxygen atoms in total. The maximum Gasteiger partial charge on any atom is 0.123 e. The third-order valence-corrected chi connectivity index (χ3v) is 3.39. The molecule has 1 heterocycles. The van der Waals surface area contributed by atoms with Gasteiger partial charge < -0.3 is 4.90 Å². The number of rotatable bonds is 4. The fourth-order valence-electron chi connectivity index (χ4n) is 2.60. The van der Waals surface area contributed by atoms with E-state index in [1.807, 2.05) is 12.1 Å². The van der Waals surface area contributed by atoms with Gasteiger partial charge in [-0.1, -0.05) is 19.1 Å². The summed E-state index contributed by atoms with van der Waals surface area (Å²) in [5.74, 6) is -0.138. The van der Waals surface area contributed by atoms with Gasteiger partial charge in [0.2, 0.25) is 0 Å². The van der Waals surface area contributed by atoms with E-state index >= 15 is 0 Å². The summed E-state index contributed by atoms with van der Waals surface area (Å²) in [7, 11) is 0. The molecule has 1 aliphatic rings.